The first-order valence-electron chi connectivity index (χ1n) is 14.5. The molecular weight excluding hydrogens is 582 g/mol. The molecule has 44 heavy (non-hydrogen) atoms. The first kappa shape index (κ1) is 32.2. The molecule has 5 rings (SSSR count). The number of rotatable bonds is 3. The number of aromatic nitrogens is 2. The third-order valence-corrected chi connectivity index (χ3v) is 8.23. The van der Waals surface area contributed by atoms with Gasteiger partial charge in [0.2, 0.25) is 11.8 Å². The van der Waals surface area contributed by atoms with Gasteiger partial charge in [-0.25, -0.2) is 4.98 Å². The molecule has 1 aliphatic rings. The molecular formula is C32H37N5O6S. The number of carbonyl (C=O) groups is 4. The Bertz CT molecular complexity index is 1530. The number of hydrogen-bond acceptors (Lipinski definition) is 7. The molecule has 2 aromatic carbocycles. The van der Waals surface area contributed by atoms with Crippen LogP contribution in [-0.4, -0.2) is 88.0 Å². The molecule has 2 aromatic heterocycles. The molecule has 3 heterocycles. The highest BCUT2D eigenvalue weighted by Gasteiger charge is 2.20. The lowest BCUT2D eigenvalue weighted by Gasteiger charge is -2.25. The first-order valence-corrected chi connectivity index (χ1v) is 15.3. The van der Waals surface area contributed by atoms with Crippen LogP contribution in [0.15, 0.2) is 67.0 Å². The second-order valence-corrected chi connectivity index (χ2v) is 11.3. The molecule has 4 aromatic rings. The van der Waals surface area contributed by atoms with Gasteiger partial charge in [-0.1, -0.05) is 30.3 Å². The van der Waals surface area contributed by atoms with Crippen molar-refractivity contribution in [3.63, 3.8) is 0 Å². The summed E-state index contributed by atoms with van der Waals surface area (Å²) >= 11 is 1.52. The number of fused-ring (bicyclic) bond motifs is 5. The minimum atomic E-state index is -0.250. The first-order chi connectivity index (χ1) is 21.4. The SMILES string of the molecule is CC(=O)NCC(=O)N1CCCCN(C(=O)c2cc3ccccc3s2)CCn2ccnc2-c2cccc(c2)OCCC1.O=CO. The number of nitrogens with one attached hydrogen (secondary N) is 1. The Hall–Kier alpha value is -4.71. The highest BCUT2D eigenvalue weighted by atomic mass is 32.1. The lowest BCUT2D eigenvalue weighted by molar-refractivity contribution is -0.132. The molecule has 0 aliphatic carbocycles. The van der Waals surface area contributed by atoms with Crippen LogP contribution in [0.2, 0.25) is 0 Å². The van der Waals surface area contributed by atoms with Gasteiger partial charge in [-0.15, -0.1) is 11.3 Å². The van der Waals surface area contributed by atoms with E-state index in [-0.39, 0.29) is 30.7 Å². The van der Waals surface area contributed by atoms with Crippen molar-refractivity contribution in [2.24, 2.45) is 0 Å². The van der Waals surface area contributed by atoms with Gasteiger partial charge in [-0.3, -0.25) is 19.2 Å². The van der Waals surface area contributed by atoms with Crippen molar-refractivity contribution < 1.29 is 29.0 Å². The van der Waals surface area contributed by atoms with Gasteiger partial charge in [0.05, 0.1) is 18.0 Å². The molecule has 0 saturated carbocycles. The fourth-order valence-electron chi connectivity index (χ4n) is 4.99. The summed E-state index contributed by atoms with van der Waals surface area (Å²) in [4.78, 5) is 55.4. The third-order valence-electron chi connectivity index (χ3n) is 7.13. The Morgan fingerprint density at radius 2 is 1.73 bits per heavy atom. The molecule has 232 valence electrons. The summed E-state index contributed by atoms with van der Waals surface area (Å²) in [7, 11) is 0. The maximum Gasteiger partial charge on any atom is 0.290 e. The van der Waals surface area contributed by atoms with Crippen LogP contribution in [0.4, 0.5) is 0 Å². The second-order valence-electron chi connectivity index (χ2n) is 10.2. The molecule has 0 spiro atoms. The van der Waals surface area contributed by atoms with E-state index in [0.29, 0.717) is 45.8 Å². The molecule has 11 nitrogen and oxygen atoms in total. The van der Waals surface area contributed by atoms with Crippen molar-refractivity contribution in [3.8, 4) is 17.1 Å². The number of ether oxygens (including phenoxy) is 1. The largest absolute Gasteiger partial charge is 0.494 e. The van der Waals surface area contributed by atoms with Gasteiger partial charge >= 0.3 is 0 Å². The van der Waals surface area contributed by atoms with E-state index in [0.717, 1.165) is 44.9 Å². The number of carbonyl (C=O) groups excluding carboxylic acids is 3. The highest BCUT2D eigenvalue weighted by Crippen LogP contribution is 2.27. The summed E-state index contributed by atoms with van der Waals surface area (Å²) in [6.45, 7) is 4.34. The Morgan fingerprint density at radius 3 is 2.50 bits per heavy atom. The molecule has 0 fully saturated rings. The Kier molecular flexibility index (Phi) is 11.9. The van der Waals surface area contributed by atoms with Crippen LogP contribution in [0.25, 0.3) is 21.5 Å². The Morgan fingerprint density at radius 1 is 0.977 bits per heavy atom. The van der Waals surface area contributed by atoms with E-state index in [9.17, 15) is 14.4 Å². The van der Waals surface area contributed by atoms with Gasteiger partial charge in [0.1, 0.15) is 11.6 Å². The average Bonchev–Trinajstić information content (AvgIpc) is 3.68. The maximum absolute atomic E-state index is 13.8. The van der Waals surface area contributed by atoms with Crippen molar-refractivity contribution in [1.82, 2.24) is 24.7 Å². The van der Waals surface area contributed by atoms with Gasteiger partial charge in [-0.2, -0.15) is 0 Å². The van der Waals surface area contributed by atoms with Gasteiger partial charge in [0.25, 0.3) is 12.4 Å². The predicted molar refractivity (Wildman–Crippen MR) is 169 cm³/mol. The highest BCUT2D eigenvalue weighted by molar-refractivity contribution is 7.20. The fraction of sp³-hybridized carbons (Fsp3) is 0.344. The summed E-state index contributed by atoms with van der Waals surface area (Å²) < 4.78 is 9.18. The standard InChI is InChI=1S/C31H35N5O4S.CH2O2/c1-23(37)33-22-29(38)34-13-4-5-14-36(31(39)28-21-24-8-2-3-11-27(24)41-28)18-17-35-16-12-32-30(35)25-9-6-10-26(20-25)40-19-7-15-34;2-1-3/h2-3,6,8-12,16,20-21H,4-5,7,13-15,17-19,22H2,1H3,(H,33,37);1H,(H,2,3). The molecule has 2 N–H and O–H groups in total. The fourth-order valence-corrected chi connectivity index (χ4v) is 6.02. The number of thiophene rings is 1. The Labute approximate surface area is 260 Å². The number of nitrogens with zero attached hydrogens (tertiary/aromatic N) is 4. The third kappa shape index (κ3) is 8.90. The van der Waals surface area contributed by atoms with Crippen molar-refractivity contribution in [2.45, 2.75) is 32.7 Å². The summed E-state index contributed by atoms with van der Waals surface area (Å²) in [5, 5.41) is 10.6. The van der Waals surface area contributed by atoms with Crippen molar-refractivity contribution in [3.05, 3.63) is 71.9 Å². The van der Waals surface area contributed by atoms with Crippen LogP contribution in [-0.2, 0) is 20.9 Å². The van der Waals surface area contributed by atoms with Gasteiger partial charge in [0.15, 0.2) is 0 Å². The molecule has 12 heteroatoms. The molecule has 2 bridgehead atoms. The van der Waals surface area contributed by atoms with Crippen molar-refractivity contribution in [2.75, 3.05) is 39.3 Å². The summed E-state index contributed by atoms with van der Waals surface area (Å²) in [5.74, 6) is 1.22. The maximum atomic E-state index is 13.8. The quantitative estimate of drug-likeness (QED) is 0.329. The number of hydrogen-bond donors (Lipinski definition) is 2. The van der Waals surface area contributed by atoms with Crippen LogP contribution in [0.3, 0.4) is 0 Å². The number of carboxylic acid groups (broad SMARTS) is 1. The van der Waals surface area contributed by atoms with Crippen LogP contribution < -0.4 is 10.1 Å². The van der Waals surface area contributed by atoms with Crippen molar-refractivity contribution in [1.29, 1.82) is 0 Å². The molecule has 0 unspecified atom stereocenters. The van der Waals surface area contributed by atoms with Gasteiger partial charge < -0.3 is 29.5 Å². The van der Waals surface area contributed by atoms with E-state index in [1.165, 1.54) is 18.3 Å². The van der Waals surface area contributed by atoms with Crippen molar-refractivity contribution >= 4 is 45.6 Å². The van der Waals surface area contributed by atoms with Crippen LogP contribution in [0.1, 0.15) is 35.9 Å². The zero-order valence-corrected chi connectivity index (χ0v) is 25.5. The minimum Gasteiger partial charge on any atom is -0.494 e. The summed E-state index contributed by atoms with van der Waals surface area (Å²) in [5.41, 5.74) is 0.936. The minimum absolute atomic E-state index is 0.0137. The molecule has 0 atom stereocenters. The van der Waals surface area contributed by atoms with Gasteiger partial charge in [0, 0.05) is 62.3 Å². The van der Waals surface area contributed by atoms with E-state index in [4.69, 9.17) is 14.6 Å². The predicted octanol–water partition coefficient (Wildman–Crippen LogP) is 4.14. The monoisotopic (exact) mass is 619 g/mol. The summed E-state index contributed by atoms with van der Waals surface area (Å²) in [6.07, 6.45) is 5.86. The van der Waals surface area contributed by atoms with Gasteiger partial charge in [-0.05, 0) is 48.9 Å². The molecule has 3 amide bonds. The van der Waals surface area contributed by atoms with Crippen LogP contribution >= 0.6 is 11.3 Å². The number of imidazole rings is 1. The number of amides is 3. The van der Waals surface area contributed by atoms with E-state index < -0.39 is 0 Å². The van der Waals surface area contributed by atoms with E-state index in [1.54, 1.807) is 11.1 Å². The van der Waals surface area contributed by atoms with E-state index in [1.807, 2.05) is 65.7 Å². The molecule has 0 radical (unpaired) electrons. The second kappa shape index (κ2) is 16.2. The Balaban J connectivity index is 0.00000141. The lowest BCUT2D eigenvalue weighted by atomic mass is 10.2. The zero-order chi connectivity index (χ0) is 31.3. The van der Waals surface area contributed by atoms with Crippen LogP contribution in [0, 0.1) is 0 Å². The smallest absolute Gasteiger partial charge is 0.290 e. The summed E-state index contributed by atoms with van der Waals surface area (Å²) in [6, 6.07) is 17.8. The molecule has 1 aliphatic heterocycles. The van der Waals surface area contributed by atoms with E-state index >= 15 is 0 Å². The van der Waals surface area contributed by atoms with Crippen LogP contribution in [0.5, 0.6) is 5.75 Å². The topological polar surface area (TPSA) is 134 Å². The molecule has 0 saturated heterocycles. The normalized spacial score (nSPS) is 14.3. The zero-order valence-electron chi connectivity index (χ0n) is 24.7. The lowest BCUT2D eigenvalue weighted by Crippen LogP contribution is -2.41. The number of benzene rings is 2. The average molecular weight is 620 g/mol. The van der Waals surface area contributed by atoms with E-state index in [2.05, 4.69) is 14.9 Å².